The van der Waals surface area contributed by atoms with Gasteiger partial charge in [-0.05, 0) is 19.8 Å². The molecule has 1 aliphatic rings. The summed E-state index contributed by atoms with van der Waals surface area (Å²) in [6.07, 6.45) is -2.54. The third-order valence-corrected chi connectivity index (χ3v) is 4.53. The lowest BCUT2D eigenvalue weighted by Gasteiger charge is -2.12. The normalized spacial score (nSPS) is 18.3. The second-order valence-corrected chi connectivity index (χ2v) is 6.85. The van der Waals surface area contributed by atoms with E-state index in [-0.39, 0.29) is 6.54 Å². The smallest absolute Gasteiger partial charge is 0.381 e. The molecule has 0 amide bonds. The van der Waals surface area contributed by atoms with Crippen molar-refractivity contribution >= 4 is 17.3 Å². The molecule has 0 aromatic carbocycles. The molecule has 1 aliphatic heterocycles. The number of rotatable bonds is 9. The Hall–Kier alpha value is -1.39. The van der Waals surface area contributed by atoms with Crippen molar-refractivity contribution in [3.8, 4) is 0 Å². The van der Waals surface area contributed by atoms with Crippen molar-refractivity contribution < 1.29 is 22.6 Å². The Bertz CT molecular complexity index is 560. The molecule has 26 heavy (non-hydrogen) atoms. The number of halogens is 3. The Labute approximate surface area is 155 Å². The van der Waals surface area contributed by atoms with Crippen LogP contribution in [0, 0.1) is 5.92 Å². The van der Waals surface area contributed by atoms with Gasteiger partial charge in [0.05, 0.1) is 19.8 Å². The molecule has 1 fully saturated rings. The van der Waals surface area contributed by atoms with Crippen molar-refractivity contribution in [2.24, 2.45) is 10.9 Å². The highest BCUT2D eigenvalue weighted by atomic mass is 32.1. The number of aromatic nitrogens is 1. The van der Waals surface area contributed by atoms with Crippen LogP contribution in [0.4, 0.5) is 13.2 Å². The summed E-state index contributed by atoms with van der Waals surface area (Å²) in [6.45, 7) is 6.33. The molecule has 1 atom stereocenters. The van der Waals surface area contributed by atoms with Crippen LogP contribution in [0.25, 0.3) is 0 Å². The van der Waals surface area contributed by atoms with Crippen LogP contribution in [-0.2, 0) is 22.2 Å². The maximum absolute atomic E-state index is 12.6. The minimum Gasteiger partial charge on any atom is -0.381 e. The van der Waals surface area contributed by atoms with Gasteiger partial charge in [0.15, 0.2) is 11.7 Å². The zero-order valence-corrected chi connectivity index (χ0v) is 15.6. The van der Waals surface area contributed by atoms with E-state index < -0.39 is 11.9 Å². The second-order valence-electron chi connectivity index (χ2n) is 5.90. The van der Waals surface area contributed by atoms with E-state index in [1.54, 1.807) is 0 Å². The third-order valence-electron chi connectivity index (χ3n) is 3.69. The Morgan fingerprint density at radius 1 is 1.46 bits per heavy atom. The van der Waals surface area contributed by atoms with Gasteiger partial charge in [0.1, 0.15) is 5.01 Å². The molecule has 1 saturated heterocycles. The summed E-state index contributed by atoms with van der Waals surface area (Å²) >= 11 is 0.959. The number of ether oxygens (including phenoxy) is 2. The third kappa shape index (κ3) is 7.46. The quantitative estimate of drug-likeness (QED) is 0.383. The molecule has 0 aliphatic carbocycles. The molecule has 1 aromatic heterocycles. The van der Waals surface area contributed by atoms with E-state index in [1.807, 2.05) is 6.92 Å². The fourth-order valence-corrected chi connectivity index (χ4v) is 3.07. The van der Waals surface area contributed by atoms with E-state index in [9.17, 15) is 13.2 Å². The van der Waals surface area contributed by atoms with Gasteiger partial charge in [-0.2, -0.15) is 13.2 Å². The first-order valence-corrected chi connectivity index (χ1v) is 9.56. The number of alkyl halides is 3. The molecule has 0 spiro atoms. The molecule has 2 N–H and O–H groups in total. The summed E-state index contributed by atoms with van der Waals surface area (Å²) in [5.74, 6) is 1.06. The monoisotopic (exact) mass is 394 g/mol. The van der Waals surface area contributed by atoms with E-state index in [1.165, 1.54) is 0 Å². The van der Waals surface area contributed by atoms with Crippen LogP contribution in [0.15, 0.2) is 10.4 Å². The molecular weight excluding hydrogens is 369 g/mol. The Balaban J connectivity index is 1.68. The van der Waals surface area contributed by atoms with Crippen LogP contribution in [0.3, 0.4) is 0 Å². The SMILES string of the molecule is CCNC(=NCc1nc(C(F)(F)F)cs1)NCCCOCC1CCOC1. The van der Waals surface area contributed by atoms with E-state index in [4.69, 9.17) is 9.47 Å². The minimum atomic E-state index is -4.41. The fraction of sp³-hybridized carbons (Fsp3) is 0.750. The van der Waals surface area contributed by atoms with Gasteiger partial charge in [0, 0.05) is 37.6 Å². The number of hydrogen-bond donors (Lipinski definition) is 2. The summed E-state index contributed by atoms with van der Waals surface area (Å²) in [7, 11) is 0. The highest BCUT2D eigenvalue weighted by Crippen LogP contribution is 2.30. The van der Waals surface area contributed by atoms with E-state index in [2.05, 4.69) is 20.6 Å². The number of guanidine groups is 1. The van der Waals surface area contributed by atoms with Gasteiger partial charge in [0.25, 0.3) is 0 Å². The number of aliphatic imine (C=N–C) groups is 1. The maximum Gasteiger partial charge on any atom is 0.434 e. The van der Waals surface area contributed by atoms with Crippen LogP contribution < -0.4 is 10.6 Å². The average molecular weight is 394 g/mol. The maximum atomic E-state index is 12.6. The van der Waals surface area contributed by atoms with Crippen molar-refractivity contribution in [3.63, 3.8) is 0 Å². The van der Waals surface area contributed by atoms with Crippen LogP contribution in [0.2, 0.25) is 0 Å². The van der Waals surface area contributed by atoms with Crippen molar-refractivity contribution in [3.05, 3.63) is 16.1 Å². The highest BCUT2D eigenvalue weighted by molar-refractivity contribution is 7.09. The lowest BCUT2D eigenvalue weighted by Crippen LogP contribution is -2.38. The van der Waals surface area contributed by atoms with Crippen molar-refractivity contribution in [1.82, 2.24) is 15.6 Å². The lowest BCUT2D eigenvalue weighted by molar-refractivity contribution is -0.140. The van der Waals surface area contributed by atoms with Crippen molar-refractivity contribution in [1.29, 1.82) is 0 Å². The zero-order valence-electron chi connectivity index (χ0n) is 14.8. The molecule has 6 nitrogen and oxygen atoms in total. The molecule has 0 bridgehead atoms. The van der Waals surface area contributed by atoms with Gasteiger partial charge in [-0.15, -0.1) is 11.3 Å². The molecule has 2 heterocycles. The predicted molar refractivity (Wildman–Crippen MR) is 94.3 cm³/mol. The van der Waals surface area contributed by atoms with Crippen LogP contribution in [0.5, 0.6) is 0 Å². The number of nitrogens with one attached hydrogen (secondary N) is 2. The summed E-state index contributed by atoms with van der Waals surface area (Å²) in [5, 5.41) is 7.55. The zero-order chi connectivity index (χ0) is 18.8. The van der Waals surface area contributed by atoms with Crippen LogP contribution in [-0.4, -0.2) is 50.5 Å². The first-order valence-electron chi connectivity index (χ1n) is 8.68. The predicted octanol–water partition coefficient (Wildman–Crippen LogP) is 2.66. The Morgan fingerprint density at radius 3 is 2.96 bits per heavy atom. The highest BCUT2D eigenvalue weighted by Gasteiger charge is 2.33. The largest absolute Gasteiger partial charge is 0.434 e. The number of hydrogen-bond acceptors (Lipinski definition) is 5. The number of thiazole rings is 1. The summed E-state index contributed by atoms with van der Waals surface area (Å²) in [5.41, 5.74) is -0.865. The van der Waals surface area contributed by atoms with Crippen LogP contribution >= 0.6 is 11.3 Å². The van der Waals surface area contributed by atoms with E-state index >= 15 is 0 Å². The topological polar surface area (TPSA) is 67.8 Å². The fourth-order valence-electron chi connectivity index (χ4n) is 2.35. The first-order chi connectivity index (χ1) is 12.5. The number of nitrogens with zero attached hydrogens (tertiary/aromatic N) is 2. The van der Waals surface area contributed by atoms with Gasteiger partial charge >= 0.3 is 6.18 Å². The van der Waals surface area contributed by atoms with E-state index in [0.29, 0.717) is 36.6 Å². The average Bonchev–Trinajstić information content (AvgIpc) is 3.26. The molecule has 0 radical (unpaired) electrons. The summed E-state index contributed by atoms with van der Waals surface area (Å²) in [6, 6.07) is 0. The molecule has 148 valence electrons. The second kappa shape index (κ2) is 10.7. The van der Waals surface area contributed by atoms with Gasteiger partial charge in [-0.25, -0.2) is 9.98 Å². The van der Waals surface area contributed by atoms with Gasteiger partial charge < -0.3 is 20.1 Å². The molecular formula is C16H25F3N4O2S. The standard InChI is InChI=1S/C16H25F3N4O2S/c1-2-20-15(21-5-3-6-24-9-12-4-7-25-10-12)22-8-14-23-13(11-26-14)16(17,18)19/h11-12H,2-10H2,1H3,(H2,20,21,22). The first kappa shape index (κ1) is 20.9. The van der Waals surface area contributed by atoms with Crippen LogP contribution in [0.1, 0.15) is 30.5 Å². The molecule has 1 aromatic rings. The lowest BCUT2D eigenvalue weighted by atomic mass is 10.1. The van der Waals surface area contributed by atoms with Gasteiger partial charge in [0.2, 0.25) is 0 Å². The minimum absolute atomic E-state index is 0.105. The Kier molecular flexibility index (Phi) is 8.60. The Morgan fingerprint density at radius 2 is 2.31 bits per heavy atom. The molecule has 2 rings (SSSR count). The summed E-state index contributed by atoms with van der Waals surface area (Å²) in [4.78, 5) is 7.85. The molecule has 0 saturated carbocycles. The molecule has 10 heteroatoms. The van der Waals surface area contributed by atoms with Gasteiger partial charge in [-0.1, -0.05) is 0 Å². The summed E-state index contributed by atoms with van der Waals surface area (Å²) < 4.78 is 48.6. The van der Waals surface area contributed by atoms with E-state index in [0.717, 1.165) is 49.4 Å². The van der Waals surface area contributed by atoms with Crippen molar-refractivity contribution in [2.45, 2.75) is 32.5 Å². The molecule has 1 unspecified atom stereocenters. The van der Waals surface area contributed by atoms with Crippen molar-refractivity contribution in [2.75, 3.05) is 39.5 Å². The van der Waals surface area contributed by atoms with Gasteiger partial charge in [-0.3, -0.25) is 0 Å².